The van der Waals surface area contributed by atoms with Crippen LogP contribution >= 0.6 is 0 Å². The normalized spacial score (nSPS) is 14.2. The molecule has 1 amide bonds. The quantitative estimate of drug-likeness (QED) is 0.686. The van der Waals surface area contributed by atoms with Crippen LogP contribution in [-0.4, -0.2) is 33.4 Å². The van der Waals surface area contributed by atoms with E-state index in [2.05, 4.69) is 4.98 Å². The van der Waals surface area contributed by atoms with E-state index >= 15 is 0 Å². The molecule has 144 valence electrons. The largest absolute Gasteiger partial charge is 0.486 e. The number of carbonyl (C=O) groups is 1. The summed E-state index contributed by atoms with van der Waals surface area (Å²) in [6, 6.07) is 16.6. The smallest absolute Gasteiger partial charge is 0.261 e. The van der Waals surface area contributed by atoms with Crippen molar-refractivity contribution in [2.45, 2.75) is 32.4 Å². The molecule has 4 rings (SSSR count). The van der Waals surface area contributed by atoms with Crippen molar-refractivity contribution in [1.82, 2.24) is 14.5 Å². The number of rotatable bonds is 5. The molecule has 0 N–H and O–H groups in total. The molecule has 1 aliphatic heterocycles. The zero-order valence-electron chi connectivity index (χ0n) is 15.7. The lowest BCUT2D eigenvalue weighted by molar-refractivity contribution is -0.132. The average molecular weight is 377 g/mol. The van der Waals surface area contributed by atoms with Gasteiger partial charge in [0.25, 0.3) is 5.56 Å². The summed E-state index contributed by atoms with van der Waals surface area (Å²) in [5.74, 6) is 1.11. The monoisotopic (exact) mass is 377 g/mol. The summed E-state index contributed by atoms with van der Waals surface area (Å²) in [5, 5.41) is 0.511. The Kier molecular flexibility index (Phi) is 5.37. The molecule has 1 saturated heterocycles. The van der Waals surface area contributed by atoms with Crippen LogP contribution in [0.1, 0.15) is 25.1 Å². The van der Waals surface area contributed by atoms with Gasteiger partial charge in [0.1, 0.15) is 18.9 Å². The fraction of sp³-hybridized carbons (Fsp3) is 0.318. The maximum absolute atomic E-state index is 13.1. The van der Waals surface area contributed by atoms with Crippen LogP contribution in [0.4, 0.5) is 0 Å². The molecule has 1 aromatic heterocycles. The van der Waals surface area contributed by atoms with Crippen LogP contribution < -0.4 is 10.3 Å². The first-order chi connectivity index (χ1) is 13.7. The lowest BCUT2D eigenvalue weighted by Gasteiger charge is -2.27. The number of para-hydroxylation sites is 2. The second-order valence-corrected chi connectivity index (χ2v) is 6.98. The van der Waals surface area contributed by atoms with Crippen LogP contribution in [0.3, 0.4) is 0 Å². The Morgan fingerprint density at radius 1 is 0.964 bits per heavy atom. The third kappa shape index (κ3) is 3.91. The van der Waals surface area contributed by atoms with Gasteiger partial charge in [0.2, 0.25) is 5.91 Å². The summed E-state index contributed by atoms with van der Waals surface area (Å²) in [4.78, 5) is 32.3. The standard InChI is InChI=1S/C22H23N3O3/c26-21(24-13-7-2-8-14-24)15-25-20(16-28-17-9-3-1-4-10-17)23-19-12-6-5-11-18(19)22(25)27/h1,3-6,9-12H,2,7-8,13-16H2. The minimum atomic E-state index is -0.206. The molecule has 2 aromatic carbocycles. The lowest BCUT2D eigenvalue weighted by atomic mass is 10.1. The molecule has 6 heteroatoms. The molecule has 1 aliphatic rings. The van der Waals surface area contributed by atoms with E-state index in [-0.39, 0.29) is 24.6 Å². The highest BCUT2D eigenvalue weighted by Gasteiger charge is 2.20. The minimum Gasteiger partial charge on any atom is -0.486 e. The van der Waals surface area contributed by atoms with E-state index in [0.717, 1.165) is 32.4 Å². The molecule has 0 radical (unpaired) electrons. The Balaban J connectivity index is 1.66. The Labute approximate surface area is 163 Å². The highest BCUT2D eigenvalue weighted by molar-refractivity contribution is 5.79. The number of ether oxygens (including phenoxy) is 1. The van der Waals surface area contributed by atoms with Crippen LogP contribution in [0, 0.1) is 0 Å². The zero-order valence-corrected chi connectivity index (χ0v) is 15.7. The van der Waals surface area contributed by atoms with Crippen molar-refractivity contribution in [3.63, 3.8) is 0 Å². The summed E-state index contributed by atoms with van der Waals surface area (Å²) in [7, 11) is 0. The van der Waals surface area contributed by atoms with Gasteiger partial charge in [0.05, 0.1) is 10.9 Å². The lowest BCUT2D eigenvalue weighted by Crippen LogP contribution is -2.40. The Bertz CT molecular complexity index is 1020. The van der Waals surface area contributed by atoms with Crippen molar-refractivity contribution in [2.75, 3.05) is 13.1 Å². The molecule has 6 nitrogen and oxygen atoms in total. The van der Waals surface area contributed by atoms with Crippen LogP contribution in [0.15, 0.2) is 59.4 Å². The number of nitrogens with zero attached hydrogens (tertiary/aromatic N) is 3. The van der Waals surface area contributed by atoms with Gasteiger partial charge in [0, 0.05) is 13.1 Å². The van der Waals surface area contributed by atoms with Gasteiger partial charge in [-0.2, -0.15) is 0 Å². The number of piperidine rings is 1. The van der Waals surface area contributed by atoms with Crippen LogP contribution in [0.25, 0.3) is 10.9 Å². The number of amides is 1. The topological polar surface area (TPSA) is 64.4 Å². The molecule has 28 heavy (non-hydrogen) atoms. The van der Waals surface area contributed by atoms with Gasteiger partial charge in [-0.05, 0) is 43.5 Å². The molecular formula is C22H23N3O3. The van der Waals surface area contributed by atoms with Gasteiger partial charge in [0.15, 0.2) is 5.82 Å². The van der Waals surface area contributed by atoms with E-state index in [9.17, 15) is 9.59 Å². The fourth-order valence-electron chi connectivity index (χ4n) is 3.53. The predicted molar refractivity (Wildman–Crippen MR) is 107 cm³/mol. The van der Waals surface area contributed by atoms with E-state index in [1.165, 1.54) is 4.57 Å². The number of hydrogen-bond donors (Lipinski definition) is 0. The van der Waals surface area contributed by atoms with Gasteiger partial charge >= 0.3 is 0 Å². The van der Waals surface area contributed by atoms with E-state index < -0.39 is 0 Å². The SMILES string of the molecule is O=C(Cn1c(COc2ccccc2)nc2ccccc2c1=O)N1CCCCC1. The summed E-state index contributed by atoms with van der Waals surface area (Å²) in [6.07, 6.45) is 3.18. The van der Waals surface area contributed by atoms with Gasteiger partial charge in [-0.1, -0.05) is 30.3 Å². The zero-order chi connectivity index (χ0) is 19.3. The van der Waals surface area contributed by atoms with Crippen molar-refractivity contribution >= 4 is 16.8 Å². The molecule has 1 fully saturated rings. The Morgan fingerprint density at radius 3 is 2.46 bits per heavy atom. The second kappa shape index (κ2) is 8.25. The first-order valence-electron chi connectivity index (χ1n) is 9.66. The second-order valence-electron chi connectivity index (χ2n) is 6.98. The summed E-state index contributed by atoms with van der Waals surface area (Å²) < 4.78 is 7.28. The first kappa shape index (κ1) is 18.2. The number of likely N-dealkylation sites (tertiary alicyclic amines) is 1. The van der Waals surface area contributed by atoms with Gasteiger partial charge < -0.3 is 9.64 Å². The molecule has 0 atom stereocenters. The van der Waals surface area contributed by atoms with Crippen molar-refractivity contribution in [3.05, 3.63) is 70.8 Å². The molecule has 0 bridgehead atoms. The van der Waals surface area contributed by atoms with Crippen LogP contribution in [0.2, 0.25) is 0 Å². The van der Waals surface area contributed by atoms with Crippen molar-refractivity contribution < 1.29 is 9.53 Å². The number of fused-ring (bicyclic) bond motifs is 1. The highest BCUT2D eigenvalue weighted by atomic mass is 16.5. The molecule has 0 spiro atoms. The molecule has 0 aliphatic carbocycles. The maximum atomic E-state index is 13.1. The summed E-state index contributed by atoms with van der Waals surface area (Å²) in [5.41, 5.74) is 0.406. The predicted octanol–water partition coefficient (Wildman–Crippen LogP) is 2.99. The Hall–Kier alpha value is -3.15. The van der Waals surface area contributed by atoms with E-state index in [4.69, 9.17) is 4.74 Å². The molecule has 3 aromatic rings. The molecule has 0 unspecified atom stereocenters. The first-order valence-corrected chi connectivity index (χ1v) is 9.66. The van der Waals surface area contributed by atoms with Crippen molar-refractivity contribution in [3.8, 4) is 5.75 Å². The highest BCUT2D eigenvalue weighted by Crippen LogP contribution is 2.14. The van der Waals surface area contributed by atoms with Gasteiger partial charge in [-0.25, -0.2) is 4.98 Å². The number of aromatic nitrogens is 2. The number of hydrogen-bond acceptors (Lipinski definition) is 4. The average Bonchev–Trinajstić information content (AvgIpc) is 2.76. The van der Waals surface area contributed by atoms with E-state index in [1.807, 2.05) is 47.4 Å². The van der Waals surface area contributed by atoms with Gasteiger partial charge in [-0.3, -0.25) is 14.2 Å². The Morgan fingerprint density at radius 2 is 1.68 bits per heavy atom. The number of benzene rings is 2. The number of carbonyl (C=O) groups excluding carboxylic acids is 1. The summed E-state index contributed by atoms with van der Waals surface area (Å²) >= 11 is 0. The molecule has 0 saturated carbocycles. The van der Waals surface area contributed by atoms with Crippen molar-refractivity contribution in [2.24, 2.45) is 0 Å². The van der Waals surface area contributed by atoms with Gasteiger partial charge in [-0.15, -0.1) is 0 Å². The summed E-state index contributed by atoms with van der Waals surface area (Å²) in [6.45, 7) is 1.62. The maximum Gasteiger partial charge on any atom is 0.261 e. The molecule has 2 heterocycles. The van der Waals surface area contributed by atoms with Crippen LogP contribution in [-0.2, 0) is 17.9 Å². The third-order valence-electron chi connectivity index (χ3n) is 5.05. The van der Waals surface area contributed by atoms with E-state index in [1.54, 1.807) is 12.1 Å². The molecular weight excluding hydrogens is 354 g/mol. The fourth-order valence-corrected chi connectivity index (χ4v) is 3.53. The van der Waals surface area contributed by atoms with E-state index in [0.29, 0.717) is 22.5 Å². The third-order valence-corrected chi connectivity index (χ3v) is 5.05. The van der Waals surface area contributed by atoms with Crippen molar-refractivity contribution in [1.29, 1.82) is 0 Å². The van der Waals surface area contributed by atoms with Crippen LogP contribution in [0.5, 0.6) is 5.75 Å². The minimum absolute atomic E-state index is 0.00977.